The second-order valence-electron chi connectivity index (χ2n) is 6.89. The van der Waals surface area contributed by atoms with Gasteiger partial charge in [-0.15, -0.1) is 0 Å². The molecule has 2 heterocycles. The summed E-state index contributed by atoms with van der Waals surface area (Å²) in [6.45, 7) is 6.18. The number of benzene rings is 2. The summed E-state index contributed by atoms with van der Waals surface area (Å²) in [5, 5.41) is 6.62. The minimum atomic E-state index is 0.546. The highest BCUT2D eigenvalue weighted by atomic mass is 15.3. The molecule has 0 spiro atoms. The van der Waals surface area contributed by atoms with Crippen LogP contribution in [0.4, 0.5) is 29.2 Å². The van der Waals surface area contributed by atoms with E-state index >= 15 is 0 Å². The molecule has 2 aromatic carbocycles. The van der Waals surface area contributed by atoms with Crippen LogP contribution in [0.25, 0.3) is 0 Å². The van der Waals surface area contributed by atoms with Gasteiger partial charge < -0.3 is 15.5 Å². The fourth-order valence-corrected chi connectivity index (χ4v) is 3.13. The molecule has 0 unspecified atom stereocenters. The molecule has 0 saturated carbocycles. The Labute approximate surface area is 159 Å². The number of rotatable bonds is 5. The number of hydrogen-bond donors (Lipinski definition) is 2. The van der Waals surface area contributed by atoms with Gasteiger partial charge in [-0.2, -0.15) is 15.0 Å². The standard InChI is InChI=1S/C21H24N6/c1-15-10-11-18(14-16(15)2)23-20-24-19(22-17-8-4-3-5-9-17)25-21(26-20)27-12-6-7-13-27/h3-5,8-11,14H,6-7,12-13H2,1-2H3,(H2,22,23,24,25,26). The summed E-state index contributed by atoms with van der Waals surface area (Å²) in [4.78, 5) is 16.1. The highest BCUT2D eigenvalue weighted by molar-refractivity contribution is 5.60. The number of aromatic nitrogens is 3. The van der Waals surface area contributed by atoms with Crippen molar-refractivity contribution in [3.05, 3.63) is 59.7 Å². The lowest BCUT2D eigenvalue weighted by Gasteiger charge is -2.17. The van der Waals surface area contributed by atoms with Gasteiger partial charge in [-0.05, 0) is 62.1 Å². The number of para-hydroxylation sites is 1. The summed E-state index contributed by atoms with van der Waals surface area (Å²) >= 11 is 0. The van der Waals surface area contributed by atoms with E-state index in [1.165, 1.54) is 24.0 Å². The second-order valence-corrected chi connectivity index (χ2v) is 6.89. The predicted molar refractivity (Wildman–Crippen MR) is 110 cm³/mol. The van der Waals surface area contributed by atoms with E-state index in [1.807, 2.05) is 36.4 Å². The van der Waals surface area contributed by atoms with Gasteiger partial charge in [0.05, 0.1) is 0 Å². The van der Waals surface area contributed by atoms with E-state index in [4.69, 9.17) is 0 Å². The SMILES string of the molecule is Cc1ccc(Nc2nc(Nc3ccccc3)nc(N3CCCC3)n2)cc1C. The zero-order valence-electron chi connectivity index (χ0n) is 15.7. The van der Waals surface area contributed by atoms with Gasteiger partial charge in [-0.1, -0.05) is 24.3 Å². The largest absolute Gasteiger partial charge is 0.341 e. The van der Waals surface area contributed by atoms with Crippen molar-refractivity contribution in [3.63, 3.8) is 0 Å². The summed E-state index contributed by atoms with van der Waals surface area (Å²) in [7, 11) is 0. The number of nitrogens with zero attached hydrogens (tertiary/aromatic N) is 4. The minimum Gasteiger partial charge on any atom is -0.341 e. The Balaban J connectivity index is 1.65. The summed E-state index contributed by atoms with van der Waals surface area (Å²) in [5.41, 5.74) is 4.42. The van der Waals surface area contributed by atoms with Crippen molar-refractivity contribution in [1.29, 1.82) is 0 Å². The van der Waals surface area contributed by atoms with Gasteiger partial charge >= 0.3 is 0 Å². The molecule has 4 rings (SSSR count). The molecule has 0 amide bonds. The van der Waals surface area contributed by atoms with Crippen LogP contribution in [0.5, 0.6) is 0 Å². The number of aryl methyl sites for hydroxylation is 2. The maximum Gasteiger partial charge on any atom is 0.233 e. The van der Waals surface area contributed by atoms with E-state index < -0.39 is 0 Å². The van der Waals surface area contributed by atoms with Crippen LogP contribution in [0.1, 0.15) is 24.0 Å². The minimum absolute atomic E-state index is 0.546. The fourth-order valence-electron chi connectivity index (χ4n) is 3.13. The zero-order chi connectivity index (χ0) is 18.6. The first-order chi connectivity index (χ1) is 13.2. The molecule has 138 valence electrons. The summed E-state index contributed by atoms with van der Waals surface area (Å²) in [6, 6.07) is 16.2. The Morgan fingerprint density at radius 1 is 0.741 bits per heavy atom. The summed E-state index contributed by atoms with van der Waals surface area (Å²) in [6.07, 6.45) is 2.35. The lowest BCUT2D eigenvalue weighted by atomic mass is 10.1. The quantitative estimate of drug-likeness (QED) is 0.694. The smallest absolute Gasteiger partial charge is 0.233 e. The lowest BCUT2D eigenvalue weighted by molar-refractivity contribution is 0.886. The molecule has 0 bridgehead atoms. The first-order valence-corrected chi connectivity index (χ1v) is 9.35. The Bertz CT molecular complexity index is 919. The van der Waals surface area contributed by atoms with E-state index in [1.54, 1.807) is 0 Å². The van der Waals surface area contributed by atoms with Gasteiger partial charge in [-0.3, -0.25) is 0 Å². The average Bonchev–Trinajstić information content (AvgIpc) is 3.20. The Morgan fingerprint density at radius 3 is 2.07 bits per heavy atom. The third-order valence-electron chi connectivity index (χ3n) is 4.81. The van der Waals surface area contributed by atoms with Gasteiger partial charge in [-0.25, -0.2) is 0 Å². The van der Waals surface area contributed by atoms with Gasteiger partial charge in [0.25, 0.3) is 0 Å². The number of hydrogen-bond acceptors (Lipinski definition) is 6. The molecule has 1 aromatic heterocycles. The van der Waals surface area contributed by atoms with E-state index in [-0.39, 0.29) is 0 Å². The van der Waals surface area contributed by atoms with Crippen LogP contribution in [0.3, 0.4) is 0 Å². The van der Waals surface area contributed by atoms with Crippen molar-refractivity contribution in [3.8, 4) is 0 Å². The van der Waals surface area contributed by atoms with Crippen LogP contribution >= 0.6 is 0 Å². The normalized spacial score (nSPS) is 13.6. The maximum absolute atomic E-state index is 4.66. The lowest BCUT2D eigenvalue weighted by Crippen LogP contribution is -2.21. The average molecular weight is 360 g/mol. The van der Waals surface area contributed by atoms with Gasteiger partial charge in [0.1, 0.15) is 0 Å². The molecule has 27 heavy (non-hydrogen) atoms. The van der Waals surface area contributed by atoms with Crippen molar-refractivity contribution >= 4 is 29.2 Å². The third kappa shape index (κ3) is 4.16. The van der Waals surface area contributed by atoms with Crippen LogP contribution in [-0.4, -0.2) is 28.0 Å². The molecule has 3 aromatic rings. The van der Waals surface area contributed by atoms with Crippen molar-refractivity contribution in [2.75, 3.05) is 28.6 Å². The fraction of sp³-hybridized carbons (Fsp3) is 0.286. The van der Waals surface area contributed by atoms with Crippen LogP contribution < -0.4 is 15.5 Å². The molecular weight excluding hydrogens is 336 g/mol. The van der Waals surface area contributed by atoms with E-state index in [2.05, 4.69) is 56.5 Å². The highest BCUT2D eigenvalue weighted by Crippen LogP contribution is 2.23. The molecule has 6 nitrogen and oxygen atoms in total. The summed E-state index contributed by atoms with van der Waals surface area (Å²) in [5.74, 6) is 1.81. The van der Waals surface area contributed by atoms with Crippen LogP contribution in [0.2, 0.25) is 0 Å². The third-order valence-corrected chi connectivity index (χ3v) is 4.81. The maximum atomic E-state index is 4.66. The first kappa shape index (κ1) is 17.3. The molecule has 6 heteroatoms. The second kappa shape index (κ2) is 7.61. The Hall–Kier alpha value is -3.15. The zero-order valence-corrected chi connectivity index (χ0v) is 15.7. The monoisotopic (exact) mass is 360 g/mol. The van der Waals surface area contributed by atoms with Crippen molar-refractivity contribution < 1.29 is 0 Å². The molecule has 1 fully saturated rings. The molecule has 1 saturated heterocycles. The molecule has 2 N–H and O–H groups in total. The molecular formula is C21H24N6. The van der Waals surface area contributed by atoms with Crippen molar-refractivity contribution in [2.24, 2.45) is 0 Å². The van der Waals surface area contributed by atoms with E-state index in [9.17, 15) is 0 Å². The van der Waals surface area contributed by atoms with E-state index in [0.29, 0.717) is 17.8 Å². The van der Waals surface area contributed by atoms with Gasteiger partial charge in [0.2, 0.25) is 17.8 Å². The van der Waals surface area contributed by atoms with Gasteiger partial charge in [0, 0.05) is 24.5 Å². The first-order valence-electron chi connectivity index (χ1n) is 9.35. The Morgan fingerprint density at radius 2 is 1.41 bits per heavy atom. The number of nitrogens with one attached hydrogen (secondary N) is 2. The van der Waals surface area contributed by atoms with Crippen LogP contribution in [0.15, 0.2) is 48.5 Å². The van der Waals surface area contributed by atoms with Crippen molar-refractivity contribution in [1.82, 2.24) is 15.0 Å². The number of anilines is 5. The molecule has 0 radical (unpaired) electrons. The predicted octanol–water partition coefficient (Wildman–Crippen LogP) is 4.58. The van der Waals surface area contributed by atoms with Gasteiger partial charge in [0.15, 0.2) is 0 Å². The topological polar surface area (TPSA) is 66.0 Å². The summed E-state index contributed by atoms with van der Waals surface area (Å²) < 4.78 is 0. The van der Waals surface area contributed by atoms with Crippen LogP contribution in [-0.2, 0) is 0 Å². The molecule has 1 aliphatic heterocycles. The van der Waals surface area contributed by atoms with E-state index in [0.717, 1.165) is 24.5 Å². The van der Waals surface area contributed by atoms with Crippen molar-refractivity contribution in [2.45, 2.75) is 26.7 Å². The Kier molecular flexibility index (Phi) is 4.87. The van der Waals surface area contributed by atoms with Crippen LogP contribution in [0, 0.1) is 13.8 Å². The molecule has 0 aliphatic carbocycles. The molecule has 1 aliphatic rings. The highest BCUT2D eigenvalue weighted by Gasteiger charge is 2.17. The molecule has 0 atom stereocenters.